The van der Waals surface area contributed by atoms with Gasteiger partial charge in [0.1, 0.15) is 12.2 Å². The summed E-state index contributed by atoms with van der Waals surface area (Å²) in [5.41, 5.74) is 2.08. The van der Waals surface area contributed by atoms with Crippen LogP contribution in [-0.2, 0) is 11.2 Å². The zero-order valence-electron chi connectivity index (χ0n) is 13.6. The molecule has 0 saturated heterocycles. The maximum atomic E-state index is 12.8. The molecule has 0 radical (unpaired) electrons. The molecule has 1 aromatic heterocycles. The number of amides is 1. The summed E-state index contributed by atoms with van der Waals surface area (Å²) in [6, 6.07) is 9.86. The average molecular weight is 327 g/mol. The minimum Gasteiger partial charge on any atom is -0.481 e. The summed E-state index contributed by atoms with van der Waals surface area (Å²) >= 11 is 0. The Morgan fingerprint density at radius 1 is 1.29 bits per heavy atom. The third-order valence-corrected chi connectivity index (χ3v) is 4.66. The molecule has 2 aromatic rings. The molecule has 1 heterocycles. The molecular formula is C19H21NO4. The summed E-state index contributed by atoms with van der Waals surface area (Å²) in [6.45, 7) is 1.75. The van der Waals surface area contributed by atoms with Gasteiger partial charge in [-0.3, -0.25) is 9.59 Å². The first-order valence-electron chi connectivity index (χ1n) is 8.21. The molecule has 3 rings (SSSR count). The highest BCUT2D eigenvalue weighted by Crippen LogP contribution is 2.38. The van der Waals surface area contributed by atoms with Gasteiger partial charge in [-0.05, 0) is 31.2 Å². The molecule has 1 atom stereocenters. The molecule has 0 bridgehead atoms. The summed E-state index contributed by atoms with van der Waals surface area (Å²) in [5, 5.41) is 12.1. The molecule has 2 N–H and O–H groups in total. The van der Waals surface area contributed by atoms with Crippen LogP contribution in [0.5, 0.6) is 0 Å². The van der Waals surface area contributed by atoms with Gasteiger partial charge in [-0.1, -0.05) is 36.8 Å². The number of nitrogens with one attached hydrogen (secondary N) is 1. The number of furan rings is 1. The molecule has 0 spiro atoms. The average Bonchev–Trinajstić information content (AvgIpc) is 2.85. The molecule has 1 saturated carbocycles. The molecule has 1 unspecified atom stereocenters. The predicted octanol–water partition coefficient (Wildman–Crippen LogP) is 3.49. The van der Waals surface area contributed by atoms with Crippen LogP contribution in [0.2, 0.25) is 0 Å². The van der Waals surface area contributed by atoms with Gasteiger partial charge in [0.05, 0.1) is 17.9 Å². The lowest BCUT2D eigenvalue weighted by Gasteiger charge is -2.34. The van der Waals surface area contributed by atoms with Crippen LogP contribution in [0.3, 0.4) is 0 Å². The Morgan fingerprint density at radius 3 is 2.58 bits per heavy atom. The second kappa shape index (κ2) is 6.91. The number of hydrogen-bond acceptors (Lipinski definition) is 3. The van der Waals surface area contributed by atoms with Gasteiger partial charge < -0.3 is 14.8 Å². The number of benzene rings is 1. The maximum absolute atomic E-state index is 12.8. The van der Waals surface area contributed by atoms with Crippen LogP contribution in [0.25, 0.3) is 0 Å². The lowest BCUT2D eigenvalue weighted by molar-refractivity contribution is -0.136. The summed E-state index contributed by atoms with van der Waals surface area (Å²) in [6.07, 6.45) is 4.50. The molecule has 24 heavy (non-hydrogen) atoms. The van der Waals surface area contributed by atoms with E-state index in [1.165, 1.54) is 12.7 Å². The van der Waals surface area contributed by atoms with E-state index in [1.54, 1.807) is 6.92 Å². The molecule has 1 amide bonds. The summed E-state index contributed by atoms with van der Waals surface area (Å²) in [4.78, 5) is 23.8. The fourth-order valence-corrected chi connectivity index (χ4v) is 3.19. The van der Waals surface area contributed by atoms with Crippen molar-refractivity contribution in [2.75, 3.05) is 0 Å². The third-order valence-electron chi connectivity index (χ3n) is 4.66. The fourth-order valence-electron chi connectivity index (χ4n) is 3.19. The summed E-state index contributed by atoms with van der Waals surface area (Å²) in [5.74, 6) is -0.653. The van der Waals surface area contributed by atoms with Crippen molar-refractivity contribution >= 4 is 11.9 Å². The number of carbonyl (C=O) groups excluding carboxylic acids is 1. The number of hydrogen-bond donors (Lipinski definition) is 2. The van der Waals surface area contributed by atoms with Crippen LogP contribution in [0.1, 0.15) is 52.5 Å². The second-order valence-corrected chi connectivity index (χ2v) is 6.34. The van der Waals surface area contributed by atoms with E-state index in [9.17, 15) is 9.59 Å². The van der Waals surface area contributed by atoms with Gasteiger partial charge in [0, 0.05) is 5.56 Å². The smallest absolute Gasteiger partial charge is 0.311 e. The van der Waals surface area contributed by atoms with E-state index in [4.69, 9.17) is 9.52 Å². The Balaban J connectivity index is 1.84. The molecular weight excluding hydrogens is 306 g/mol. The van der Waals surface area contributed by atoms with Crippen molar-refractivity contribution in [1.29, 1.82) is 0 Å². The van der Waals surface area contributed by atoms with Crippen LogP contribution in [0.15, 0.2) is 41.0 Å². The number of carboxylic acids is 1. The van der Waals surface area contributed by atoms with Crippen molar-refractivity contribution in [2.45, 2.75) is 38.6 Å². The van der Waals surface area contributed by atoms with Crippen molar-refractivity contribution in [3.05, 3.63) is 59.0 Å². The molecule has 1 fully saturated rings. The Hall–Kier alpha value is -2.56. The number of aryl methyl sites for hydroxylation is 1. The van der Waals surface area contributed by atoms with E-state index in [0.717, 1.165) is 18.4 Å². The van der Waals surface area contributed by atoms with Crippen molar-refractivity contribution in [3.8, 4) is 0 Å². The molecule has 0 aliphatic heterocycles. The van der Waals surface area contributed by atoms with Crippen molar-refractivity contribution in [3.63, 3.8) is 0 Å². The van der Waals surface area contributed by atoms with Crippen molar-refractivity contribution < 1.29 is 19.1 Å². The highest BCUT2D eigenvalue weighted by Gasteiger charge is 2.31. The van der Waals surface area contributed by atoms with Crippen molar-refractivity contribution in [2.24, 2.45) is 5.92 Å². The Kier molecular flexibility index (Phi) is 4.69. The van der Waals surface area contributed by atoms with E-state index in [-0.39, 0.29) is 24.1 Å². The normalized spacial score (nSPS) is 15.5. The van der Waals surface area contributed by atoms with E-state index < -0.39 is 5.97 Å². The molecule has 5 nitrogen and oxygen atoms in total. The lowest BCUT2D eigenvalue weighted by atomic mass is 9.77. The van der Waals surface area contributed by atoms with Gasteiger partial charge in [0.2, 0.25) is 0 Å². The topological polar surface area (TPSA) is 79.5 Å². The van der Waals surface area contributed by atoms with Gasteiger partial charge in [-0.2, -0.15) is 0 Å². The van der Waals surface area contributed by atoms with Crippen LogP contribution < -0.4 is 5.32 Å². The maximum Gasteiger partial charge on any atom is 0.311 e. The molecule has 126 valence electrons. The first-order valence-corrected chi connectivity index (χ1v) is 8.21. The Bertz CT molecular complexity index is 731. The van der Waals surface area contributed by atoms with Crippen LogP contribution in [0.4, 0.5) is 0 Å². The lowest BCUT2D eigenvalue weighted by Crippen LogP contribution is -2.36. The second-order valence-electron chi connectivity index (χ2n) is 6.34. The molecule has 5 heteroatoms. The van der Waals surface area contributed by atoms with E-state index in [0.29, 0.717) is 17.0 Å². The third kappa shape index (κ3) is 3.35. The highest BCUT2D eigenvalue weighted by molar-refractivity contribution is 5.97. The minimum atomic E-state index is -1.02. The van der Waals surface area contributed by atoms with Crippen molar-refractivity contribution in [1.82, 2.24) is 5.32 Å². The molecule has 1 aliphatic carbocycles. The predicted molar refractivity (Wildman–Crippen MR) is 88.8 cm³/mol. The van der Waals surface area contributed by atoms with Gasteiger partial charge in [0.15, 0.2) is 0 Å². The Labute approximate surface area is 140 Å². The van der Waals surface area contributed by atoms with Gasteiger partial charge >= 0.3 is 5.97 Å². The zero-order chi connectivity index (χ0) is 17.1. The number of aliphatic carboxylic acids is 1. The van der Waals surface area contributed by atoms with Crippen LogP contribution in [0, 0.1) is 12.8 Å². The van der Waals surface area contributed by atoms with E-state index in [2.05, 4.69) is 5.32 Å². The SMILES string of the molecule is Cc1coc(CC(=O)O)c1C(=O)NC(c1ccccc1)C1CCC1. The van der Waals surface area contributed by atoms with Gasteiger partial charge in [-0.15, -0.1) is 0 Å². The standard InChI is InChI=1S/C19H21NO4/c1-12-11-24-15(10-16(21)22)17(12)19(23)20-18(14-8-5-9-14)13-6-3-2-4-7-13/h2-4,6-7,11,14,18H,5,8-10H2,1H3,(H,20,23)(H,21,22). The number of carbonyl (C=O) groups is 2. The number of rotatable bonds is 6. The first-order chi connectivity index (χ1) is 11.6. The van der Waals surface area contributed by atoms with Gasteiger partial charge in [0.25, 0.3) is 5.91 Å². The summed E-state index contributed by atoms with van der Waals surface area (Å²) in [7, 11) is 0. The highest BCUT2D eigenvalue weighted by atomic mass is 16.4. The van der Waals surface area contributed by atoms with E-state index >= 15 is 0 Å². The monoisotopic (exact) mass is 327 g/mol. The van der Waals surface area contributed by atoms with Crippen LogP contribution >= 0.6 is 0 Å². The summed E-state index contributed by atoms with van der Waals surface area (Å²) < 4.78 is 5.27. The zero-order valence-corrected chi connectivity index (χ0v) is 13.6. The number of carboxylic acid groups (broad SMARTS) is 1. The van der Waals surface area contributed by atoms with E-state index in [1.807, 2.05) is 30.3 Å². The Morgan fingerprint density at radius 2 is 2.00 bits per heavy atom. The fraction of sp³-hybridized carbons (Fsp3) is 0.368. The molecule has 1 aromatic carbocycles. The minimum absolute atomic E-state index is 0.0561. The van der Waals surface area contributed by atoms with Gasteiger partial charge in [-0.25, -0.2) is 0 Å². The van der Waals surface area contributed by atoms with Crippen LogP contribution in [-0.4, -0.2) is 17.0 Å². The quantitative estimate of drug-likeness (QED) is 0.851. The first kappa shape index (κ1) is 16.3. The molecule has 1 aliphatic rings. The largest absolute Gasteiger partial charge is 0.481 e.